The lowest BCUT2D eigenvalue weighted by atomic mass is 9.75. The Morgan fingerprint density at radius 2 is 1.50 bits per heavy atom. The van der Waals surface area contributed by atoms with E-state index in [0.29, 0.717) is 11.1 Å². The van der Waals surface area contributed by atoms with Gasteiger partial charge in [-0.1, -0.05) is 48.5 Å². The van der Waals surface area contributed by atoms with Gasteiger partial charge in [0.1, 0.15) is 37.1 Å². The summed E-state index contributed by atoms with van der Waals surface area (Å²) in [6, 6.07) is 14.2. The van der Waals surface area contributed by atoms with Crippen molar-refractivity contribution in [2.45, 2.75) is 57.8 Å². The number of esters is 3. The molecule has 4 aromatic rings. The number of imidazole rings is 1. The van der Waals surface area contributed by atoms with Gasteiger partial charge in [0.15, 0.2) is 23.1 Å². The van der Waals surface area contributed by atoms with Crippen LogP contribution in [0.1, 0.15) is 42.7 Å². The van der Waals surface area contributed by atoms with E-state index >= 15 is 0 Å². The Bertz CT molecular complexity index is 1800. The molecular weight excluding hydrogens is 628 g/mol. The summed E-state index contributed by atoms with van der Waals surface area (Å²) in [5, 5.41) is 15.7. The molecule has 1 N–H and O–H groups in total. The van der Waals surface area contributed by atoms with Crippen molar-refractivity contribution in [2.75, 3.05) is 11.9 Å². The van der Waals surface area contributed by atoms with Gasteiger partial charge >= 0.3 is 17.9 Å². The number of anilines is 1. The van der Waals surface area contributed by atoms with Gasteiger partial charge < -0.3 is 28.8 Å². The van der Waals surface area contributed by atoms with E-state index in [1.807, 2.05) is 6.07 Å². The van der Waals surface area contributed by atoms with Gasteiger partial charge in [-0.15, -0.1) is 0 Å². The van der Waals surface area contributed by atoms with Crippen LogP contribution in [0.25, 0.3) is 11.2 Å². The molecule has 1 aliphatic rings. The van der Waals surface area contributed by atoms with Crippen LogP contribution in [0.2, 0.25) is 0 Å². The number of amides is 1. The molecule has 6 atom stereocenters. The first-order valence-electron chi connectivity index (χ1n) is 14.9. The molecular formula is C32H32N6O10. The first kappa shape index (κ1) is 33.6. The van der Waals surface area contributed by atoms with Gasteiger partial charge in [-0.2, -0.15) is 0 Å². The van der Waals surface area contributed by atoms with Crippen LogP contribution in [0.3, 0.4) is 0 Å². The highest BCUT2D eigenvalue weighted by Gasteiger charge is 2.61. The summed E-state index contributed by atoms with van der Waals surface area (Å²) in [6.07, 6.45) is -1.75. The lowest BCUT2D eigenvalue weighted by Gasteiger charge is -2.46. The summed E-state index contributed by atoms with van der Waals surface area (Å²) in [6.45, 7) is 2.80. The van der Waals surface area contributed by atoms with Crippen molar-refractivity contribution in [1.29, 1.82) is 0 Å². The molecule has 1 saturated carbocycles. The second-order valence-corrected chi connectivity index (χ2v) is 11.0. The molecule has 1 amide bonds. The van der Waals surface area contributed by atoms with Crippen LogP contribution < -0.4 is 5.32 Å². The molecule has 5 rings (SSSR count). The second kappa shape index (κ2) is 14.8. The molecule has 16 heteroatoms. The third kappa shape index (κ3) is 7.44. The van der Waals surface area contributed by atoms with Gasteiger partial charge in [-0.25, -0.2) is 15.0 Å². The number of hydrogen-bond acceptors (Lipinski definition) is 13. The minimum absolute atomic E-state index is 0.0243. The van der Waals surface area contributed by atoms with E-state index < -0.39 is 71.7 Å². The molecule has 0 bridgehead atoms. The second-order valence-electron chi connectivity index (χ2n) is 11.0. The SMILES string of the molecule is CC(=O)OC[C@H]1[C@@H](OC(C)=O)[C@H](OCc2ccccc2)[C@@H](OC(C)=O)[C@@H](n2cnc3c(NC(=O)c4ccccc4)ncnc32)[C@@H]1[N+](=O)[O-]. The van der Waals surface area contributed by atoms with Gasteiger partial charge in [-0.05, 0) is 17.7 Å². The highest BCUT2D eigenvalue weighted by atomic mass is 16.6. The van der Waals surface area contributed by atoms with Gasteiger partial charge in [0.25, 0.3) is 5.91 Å². The van der Waals surface area contributed by atoms with E-state index in [-0.39, 0.29) is 23.6 Å². The first-order chi connectivity index (χ1) is 23.0. The van der Waals surface area contributed by atoms with Crippen LogP contribution in [0, 0.1) is 16.0 Å². The summed E-state index contributed by atoms with van der Waals surface area (Å²) in [4.78, 5) is 75.1. The molecule has 16 nitrogen and oxygen atoms in total. The molecule has 0 aliphatic heterocycles. The number of nitrogens with one attached hydrogen (secondary N) is 1. The van der Waals surface area contributed by atoms with E-state index in [0.717, 1.165) is 27.1 Å². The first-order valence-corrected chi connectivity index (χ1v) is 14.9. The highest BCUT2D eigenvalue weighted by molar-refractivity contribution is 6.06. The molecule has 1 fully saturated rings. The van der Waals surface area contributed by atoms with Gasteiger partial charge in [0.05, 0.1) is 12.9 Å². The van der Waals surface area contributed by atoms with Crippen LogP contribution in [0.15, 0.2) is 73.3 Å². The monoisotopic (exact) mass is 660 g/mol. The zero-order valence-electron chi connectivity index (χ0n) is 26.1. The summed E-state index contributed by atoms with van der Waals surface area (Å²) in [7, 11) is 0. The van der Waals surface area contributed by atoms with Crippen LogP contribution >= 0.6 is 0 Å². The predicted octanol–water partition coefficient (Wildman–Crippen LogP) is 2.91. The fourth-order valence-corrected chi connectivity index (χ4v) is 5.84. The fraction of sp³-hybridized carbons (Fsp3) is 0.344. The van der Waals surface area contributed by atoms with Crippen molar-refractivity contribution in [3.8, 4) is 0 Å². The molecule has 0 saturated heterocycles. The topological polar surface area (TPSA) is 204 Å². The summed E-state index contributed by atoms with van der Waals surface area (Å²) >= 11 is 0. The van der Waals surface area contributed by atoms with Crippen molar-refractivity contribution >= 4 is 40.8 Å². The standard InChI is InChI=1S/C32H32N6O10/c1-18(39)45-15-23-25(38(43)44)26(28(48-20(3)41)29(27(23)47-19(2)40)46-14-21-10-6-4-7-11-21)37-17-35-24-30(33-16-34-31(24)37)36-32(42)22-12-8-5-9-13-22/h4-13,16-17,23,25-29H,14-15H2,1-3H3,(H,33,34,36,42)/t23-,25-,26+,27-,28+,29+/m1/s1. The smallest absolute Gasteiger partial charge is 0.303 e. The number of fused-ring (bicyclic) bond motifs is 1. The van der Waals surface area contributed by atoms with Crippen LogP contribution in [0.4, 0.5) is 5.82 Å². The van der Waals surface area contributed by atoms with Crippen molar-refractivity contribution in [1.82, 2.24) is 19.5 Å². The summed E-state index contributed by atoms with van der Waals surface area (Å²) < 4.78 is 24.3. The maximum atomic E-state index is 13.0. The van der Waals surface area contributed by atoms with Crippen molar-refractivity contribution in [3.63, 3.8) is 0 Å². The Morgan fingerprint density at radius 3 is 2.12 bits per heavy atom. The van der Waals surface area contributed by atoms with Gasteiger partial charge in [-0.3, -0.25) is 29.3 Å². The van der Waals surface area contributed by atoms with E-state index in [4.69, 9.17) is 18.9 Å². The molecule has 0 radical (unpaired) electrons. The minimum atomic E-state index is -1.70. The van der Waals surface area contributed by atoms with Crippen LogP contribution in [-0.2, 0) is 39.9 Å². The lowest BCUT2D eigenvalue weighted by molar-refractivity contribution is -0.551. The maximum absolute atomic E-state index is 13.0. The third-order valence-corrected chi connectivity index (χ3v) is 7.75. The Hall–Kier alpha value is -5.77. The average Bonchev–Trinajstić information content (AvgIpc) is 3.48. The maximum Gasteiger partial charge on any atom is 0.303 e. The molecule has 250 valence electrons. The number of nitrogens with zero attached hydrogens (tertiary/aromatic N) is 5. The zero-order chi connectivity index (χ0) is 34.4. The molecule has 2 heterocycles. The van der Waals surface area contributed by atoms with Crippen molar-refractivity contribution in [2.24, 2.45) is 5.92 Å². The van der Waals surface area contributed by atoms with Gasteiger partial charge in [0, 0.05) is 31.3 Å². The van der Waals surface area contributed by atoms with E-state index in [1.165, 1.54) is 10.9 Å². The van der Waals surface area contributed by atoms with Crippen LogP contribution in [0.5, 0.6) is 0 Å². The Kier molecular flexibility index (Phi) is 10.3. The number of nitro groups is 1. The molecule has 48 heavy (non-hydrogen) atoms. The quantitative estimate of drug-likeness (QED) is 0.106. The number of ether oxygens (including phenoxy) is 4. The number of rotatable bonds is 11. The van der Waals surface area contributed by atoms with E-state index in [1.54, 1.807) is 54.6 Å². The lowest BCUT2D eigenvalue weighted by Crippen LogP contribution is -2.64. The Balaban J connectivity index is 1.65. The molecule has 1 aliphatic carbocycles. The van der Waals surface area contributed by atoms with Crippen molar-refractivity contribution < 1.29 is 43.0 Å². The zero-order valence-corrected chi connectivity index (χ0v) is 26.1. The number of carbonyl (C=O) groups is 4. The van der Waals surface area contributed by atoms with E-state index in [9.17, 15) is 29.3 Å². The summed E-state index contributed by atoms with van der Waals surface area (Å²) in [5.74, 6) is -4.06. The Labute approximate surface area is 273 Å². The van der Waals surface area contributed by atoms with Crippen LogP contribution in [-0.4, -0.2) is 79.2 Å². The number of aromatic nitrogens is 4. The number of benzene rings is 2. The van der Waals surface area contributed by atoms with E-state index in [2.05, 4.69) is 20.3 Å². The minimum Gasteiger partial charge on any atom is -0.465 e. The third-order valence-electron chi connectivity index (χ3n) is 7.75. The molecule has 2 aromatic carbocycles. The largest absolute Gasteiger partial charge is 0.465 e. The van der Waals surface area contributed by atoms with Gasteiger partial charge in [0.2, 0.25) is 6.04 Å². The highest BCUT2D eigenvalue weighted by Crippen LogP contribution is 2.42. The molecule has 0 unspecified atom stereocenters. The predicted molar refractivity (Wildman–Crippen MR) is 166 cm³/mol. The summed E-state index contributed by atoms with van der Waals surface area (Å²) in [5.41, 5.74) is 1.21. The Morgan fingerprint density at radius 1 is 0.854 bits per heavy atom. The number of carbonyl (C=O) groups excluding carboxylic acids is 4. The molecule has 2 aromatic heterocycles. The molecule has 0 spiro atoms. The fourth-order valence-electron chi connectivity index (χ4n) is 5.84. The van der Waals surface area contributed by atoms with Crippen molar-refractivity contribution in [3.05, 3.63) is 94.6 Å². The number of hydrogen-bond donors (Lipinski definition) is 1. The average molecular weight is 661 g/mol. The normalized spacial score (nSPS) is 22.0.